The predicted molar refractivity (Wildman–Crippen MR) is 81.8 cm³/mol. The van der Waals surface area contributed by atoms with Crippen LogP contribution in [0.2, 0.25) is 0 Å². The van der Waals surface area contributed by atoms with Crippen LogP contribution in [0.5, 0.6) is 0 Å². The Morgan fingerprint density at radius 2 is 2.21 bits per heavy atom. The number of hydrogen-bond acceptors (Lipinski definition) is 3. The number of nitrogens with zero attached hydrogens (tertiary/aromatic N) is 2. The summed E-state index contributed by atoms with van der Waals surface area (Å²) in [5, 5.41) is 6.81. The molecule has 0 aliphatic rings. The van der Waals surface area contributed by atoms with E-state index in [4.69, 9.17) is 0 Å². The monoisotopic (exact) mass is 277 g/mol. The van der Waals surface area contributed by atoms with Crippen LogP contribution in [-0.2, 0) is 13.1 Å². The van der Waals surface area contributed by atoms with Gasteiger partial charge < -0.3 is 9.88 Å². The maximum atomic E-state index is 4.37. The first-order chi connectivity index (χ1) is 9.13. The minimum absolute atomic E-state index is 0.481. The molecule has 0 amide bonds. The molecule has 0 aliphatic heterocycles. The fourth-order valence-electron chi connectivity index (χ4n) is 2.53. The molecule has 0 radical (unpaired) electrons. The minimum Gasteiger partial charge on any atom is -0.349 e. The lowest BCUT2D eigenvalue weighted by atomic mass is 10.2. The summed E-state index contributed by atoms with van der Waals surface area (Å²) in [5.74, 6) is 0.481. The molecule has 2 rings (SSSR count). The molecule has 2 heterocycles. The van der Waals surface area contributed by atoms with Crippen molar-refractivity contribution in [2.45, 2.75) is 46.7 Å². The first kappa shape index (κ1) is 14.3. The van der Waals surface area contributed by atoms with Crippen molar-refractivity contribution in [3.05, 3.63) is 39.6 Å². The van der Waals surface area contributed by atoms with Crippen LogP contribution in [0.4, 0.5) is 0 Å². The Hall–Kier alpha value is -1.13. The van der Waals surface area contributed by atoms with Gasteiger partial charge in [-0.1, -0.05) is 6.92 Å². The molecule has 2 aromatic rings. The third kappa shape index (κ3) is 3.25. The highest BCUT2D eigenvalue weighted by Crippen LogP contribution is 2.18. The molecule has 0 aliphatic carbocycles. The fourth-order valence-corrected chi connectivity index (χ4v) is 3.22. The first-order valence-electron chi connectivity index (χ1n) is 6.89. The molecule has 0 bridgehead atoms. The van der Waals surface area contributed by atoms with Crippen LogP contribution < -0.4 is 5.32 Å². The number of aryl methyl sites for hydroxylation is 1. The van der Waals surface area contributed by atoms with Crippen LogP contribution in [0, 0.1) is 13.8 Å². The summed E-state index contributed by atoms with van der Waals surface area (Å²) in [7, 11) is 0. The van der Waals surface area contributed by atoms with E-state index in [0.717, 1.165) is 19.6 Å². The van der Waals surface area contributed by atoms with Crippen LogP contribution in [0.15, 0.2) is 17.6 Å². The molecule has 0 spiro atoms. The maximum Gasteiger partial charge on any atom is 0.0965 e. The second-order valence-electron chi connectivity index (χ2n) is 5.04. The number of nitrogens with one attached hydrogen (secondary N) is 1. The Labute approximate surface area is 119 Å². The highest BCUT2D eigenvalue weighted by Gasteiger charge is 2.10. The molecule has 0 saturated heterocycles. The molecule has 3 nitrogen and oxygen atoms in total. The van der Waals surface area contributed by atoms with Crippen molar-refractivity contribution in [2.24, 2.45) is 0 Å². The second-order valence-corrected chi connectivity index (χ2v) is 5.97. The summed E-state index contributed by atoms with van der Waals surface area (Å²) in [4.78, 5) is 4.37. The van der Waals surface area contributed by atoms with Crippen molar-refractivity contribution >= 4 is 11.3 Å². The average molecular weight is 277 g/mol. The van der Waals surface area contributed by atoms with Crippen molar-refractivity contribution < 1.29 is 0 Å². The SMILES string of the molecule is CCn1c(C)cc(CNCC(C)c2nccs2)c1C. The zero-order valence-corrected chi connectivity index (χ0v) is 13.0. The summed E-state index contributed by atoms with van der Waals surface area (Å²) in [5.41, 5.74) is 4.14. The van der Waals surface area contributed by atoms with Gasteiger partial charge in [0.25, 0.3) is 0 Å². The second kappa shape index (κ2) is 6.35. The smallest absolute Gasteiger partial charge is 0.0965 e. The highest BCUT2D eigenvalue weighted by atomic mass is 32.1. The average Bonchev–Trinajstić information content (AvgIpc) is 2.99. The van der Waals surface area contributed by atoms with Crippen LogP contribution in [-0.4, -0.2) is 16.1 Å². The molecule has 19 heavy (non-hydrogen) atoms. The van der Waals surface area contributed by atoms with Gasteiger partial charge in [0.2, 0.25) is 0 Å². The van der Waals surface area contributed by atoms with E-state index in [2.05, 4.69) is 48.6 Å². The van der Waals surface area contributed by atoms with Gasteiger partial charge in [0.05, 0.1) is 5.01 Å². The van der Waals surface area contributed by atoms with Crippen LogP contribution in [0.3, 0.4) is 0 Å². The van der Waals surface area contributed by atoms with E-state index in [-0.39, 0.29) is 0 Å². The van der Waals surface area contributed by atoms with Crippen molar-refractivity contribution in [2.75, 3.05) is 6.54 Å². The molecule has 0 fully saturated rings. The molecule has 2 aromatic heterocycles. The van der Waals surface area contributed by atoms with Crippen LogP contribution in [0.1, 0.15) is 41.7 Å². The summed E-state index contributed by atoms with van der Waals surface area (Å²) in [6.45, 7) is 11.8. The Bertz CT molecular complexity index is 514. The zero-order valence-electron chi connectivity index (χ0n) is 12.2. The minimum atomic E-state index is 0.481. The quantitative estimate of drug-likeness (QED) is 0.876. The molecular formula is C15H23N3S. The number of thiazole rings is 1. The van der Waals surface area contributed by atoms with E-state index in [1.807, 2.05) is 11.6 Å². The van der Waals surface area contributed by atoms with E-state index < -0.39 is 0 Å². The van der Waals surface area contributed by atoms with E-state index >= 15 is 0 Å². The third-order valence-corrected chi connectivity index (χ3v) is 4.64. The van der Waals surface area contributed by atoms with Gasteiger partial charge in [-0.05, 0) is 32.4 Å². The van der Waals surface area contributed by atoms with Gasteiger partial charge in [-0.3, -0.25) is 0 Å². The van der Waals surface area contributed by atoms with Crippen molar-refractivity contribution in [3.63, 3.8) is 0 Å². The standard InChI is InChI=1S/C15H23N3S/c1-5-18-12(3)8-14(13(18)4)10-16-9-11(2)15-17-6-7-19-15/h6-8,11,16H,5,9-10H2,1-4H3. The van der Waals surface area contributed by atoms with Gasteiger partial charge >= 0.3 is 0 Å². The lowest BCUT2D eigenvalue weighted by Gasteiger charge is -2.10. The van der Waals surface area contributed by atoms with E-state index in [1.165, 1.54) is 22.0 Å². The predicted octanol–water partition coefficient (Wildman–Crippen LogP) is 3.47. The Morgan fingerprint density at radius 1 is 1.42 bits per heavy atom. The molecule has 4 heteroatoms. The Kier molecular flexibility index (Phi) is 4.77. The van der Waals surface area contributed by atoms with E-state index in [9.17, 15) is 0 Å². The van der Waals surface area contributed by atoms with Crippen LogP contribution in [0.25, 0.3) is 0 Å². The lowest BCUT2D eigenvalue weighted by molar-refractivity contribution is 0.609. The molecule has 104 valence electrons. The topological polar surface area (TPSA) is 29.9 Å². The molecule has 1 atom stereocenters. The van der Waals surface area contributed by atoms with Crippen molar-refractivity contribution in [1.82, 2.24) is 14.9 Å². The Morgan fingerprint density at radius 3 is 2.79 bits per heavy atom. The van der Waals surface area contributed by atoms with Gasteiger partial charge in [-0.25, -0.2) is 4.98 Å². The van der Waals surface area contributed by atoms with Gasteiger partial charge in [0.1, 0.15) is 0 Å². The summed E-state index contributed by atoms with van der Waals surface area (Å²) in [6.07, 6.45) is 1.88. The summed E-state index contributed by atoms with van der Waals surface area (Å²) >= 11 is 1.74. The summed E-state index contributed by atoms with van der Waals surface area (Å²) in [6, 6.07) is 2.29. The third-order valence-electron chi connectivity index (χ3n) is 3.63. The maximum absolute atomic E-state index is 4.37. The van der Waals surface area contributed by atoms with Gasteiger partial charge in [-0.2, -0.15) is 0 Å². The van der Waals surface area contributed by atoms with Gasteiger partial charge in [-0.15, -0.1) is 11.3 Å². The molecule has 0 aromatic carbocycles. The van der Waals surface area contributed by atoms with E-state index in [0.29, 0.717) is 5.92 Å². The lowest BCUT2D eigenvalue weighted by Crippen LogP contribution is -2.19. The normalized spacial score (nSPS) is 12.8. The first-order valence-corrected chi connectivity index (χ1v) is 7.77. The number of rotatable bonds is 6. The summed E-state index contributed by atoms with van der Waals surface area (Å²) < 4.78 is 2.36. The number of hydrogen-bond donors (Lipinski definition) is 1. The van der Waals surface area contributed by atoms with Crippen molar-refractivity contribution in [1.29, 1.82) is 0 Å². The van der Waals surface area contributed by atoms with E-state index in [1.54, 1.807) is 11.3 Å². The molecule has 0 saturated carbocycles. The highest BCUT2D eigenvalue weighted by molar-refractivity contribution is 7.09. The molecular weight excluding hydrogens is 254 g/mol. The van der Waals surface area contributed by atoms with Crippen LogP contribution >= 0.6 is 11.3 Å². The van der Waals surface area contributed by atoms with Gasteiger partial charge in [0.15, 0.2) is 0 Å². The fraction of sp³-hybridized carbons (Fsp3) is 0.533. The molecule has 1 N–H and O–H groups in total. The Balaban J connectivity index is 1.89. The molecule has 1 unspecified atom stereocenters. The largest absolute Gasteiger partial charge is 0.349 e. The number of aromatic nitrogens is 2. The van der Waals surface area contributed by atoms with Gasteiger partial charge in [0, 0.05) is 48.5 Å². The van der Waals surface area contributed by atoms with Crippen molar-refractivity contribution in [3.8, 4) is 0 Å². The zero-order chi connectivity index (χ0) is 13.8.